The summed E-state index contributed by atoms with van der Waals surface area (Å²) >= 11 is 0. The summed E-state index contributed by atoms with van der Waals surface area (Å²) in [5.74, 6) is 0. The minimum atomic E-state index is -5.19. The van der Waals surface area contributed by atoms with E-state index in [0.717, 1.165) is 0 Å². The van der Waals surface area contributed by atoms with Gasteiger partial charge in [-0.05, 0) is 24.3 Å². The van der Waals surface area contributed by atoms with Gasteiger partial charge in [0.05, 0.1) is 21.8 Å². The van der Waals surface area contributed by atoms with Crippen molar-refractivity contribution in [2.45, 2.75) is 0 Å². The predicted molar refractivity (Wildman–Crippen MR) is 92.6 cm³/mol. The molecule has 12 heteroatoms. The SMILES string of the molecule is O[Si](O)(O)c1c(-c2ccccn2)nnc(-c2ccccn2)c1[Si](O)(O)O. The molecule has 3 aromatic rings. The van der Waals surface area contributed by atoms with E-state index in [0.29, 0.717) is 0 Å². The molecular weight excluding hydrogens is 376 g/mol. The Balaban J connectivity index is 2.41. The minimum Gasteiger partial charge on any atom is -0.386 e. The molecule has 0 radical (unpaired) electrons. The van der Waals surface area contributed by atoms with Crippen molar-refractivity contribution in [2.75, 3.05) is 0 Å². The van der Waals surface area contributed by atoms with Gasteiger partial charge in [0.1, 0.15) is 11.4 Å². The molecule has 0 fully saturated rings. The molecule has 0 aliphatic carbocycles. The van der Waals surface area contributed by atoms with E-state index in [1.165, 1.54) is 24.5 Å². The Morgan fingerprint density at radius 3 is 1.23 bits per heavy atom. The van der Waals surface area contributed by atoms with Crippen LogP contribution in [0.1, 0.15) is 0 Å². The van der Waals surface area contributed by atoms with Crippen molar-refractivity contribution in [3.8, 4) is 22.8 Å². The lowest BCUT2D eigenvalue weighted by Gasteiger charge is -2.22. The first-order valence-corrected chi connectivity index (χ1v) is 11.0. The van der Waals surface area contributed by atoms with E-state index in [1.54, 1.807) is 24.3 Å². The van der Waals surface area contributed by atoms with E-state index in [2.05, 4.69) is 20.2 Å². The van der Waals surface area contributed by atoms with Gasteiger partial charge in [-0.15, -0.1) is 10.2 Å². The Morgan fingerprint density at radius 1 is 0.577 bits per heavy atom. The van der Waals surface area contributed by atoms with E-state index < -0.39 is 28.0 Å². The molecule has 6 N–H and O–H groups in total. The third-order valence-electron chi connectivity index (χ3n) is 3.46. The first-order valence-electron chi connectivity index (χ1n) is 7.28. The Hall–Kier alpha value is -2.43. The highest BCUT2D eigenvalue weighted by molar-refractivity contribution is 6.85. The van der Waals surface area contributed by atoms with E-state index in [9.17, 15) is 28.8 Å². The average Bonchev–Trinajstić information content (AvgIpc) is 2.60. The highest BCUT2D eigenvalue weighted by Crippen LogP contribution is 2.18. The monoisotopic (exact) mass is 390 g/mol. The average molecular weight is 390 g/mol. The zero-order chi connectivity index (χ0) is 18.9. The van der Waals surface area contributed by atoms with E-state index in [-0.39, 0.29) is 22.8 Å². The molecule has 0 atom stereocenters. The van der Waals surface area contributed by atoms with Crippen LogP contribution in [-0.2, 0) is 0 Å². The van der Waals surface area contributed by atoms with Gasteiger partial charge in [-0.2, -0.15) is 0 Å². The summed E-state index contributed by atoms with van der Waals surface area (Å²) in [7, 11) is -10.4. The molecule has 0 aromatic carbocycles. The number of nitrogens with zero attached hydrogens (tertiary/aromatic N) is 4. The Bertz CT molecular complexity index is 840. The molecule has 3 heterocycles. The number of aromatic nitrogens is 4. The minimum absolute atomic E-state index is 0.0936. The first kappa shape index (κ1) is 18.4. The number of hydrogen-bond acceptors (Lipinski definition) is 10. The topological polar surface area (TPSA) is 173 Å². The molecule has 3 rings (SSSR count). The highest BCUT2D eigenvalue weighted by atomic mass is 28.4. The molecule has 10 nitrogen and oxygen atoms in total. The Kier molecular flexibility index (Phi) is 4.74. The van der Waals surface area contributed by atoms with E-state index >= 15 is 0 Å². The van der Waals surface area contributed by atoms with Gasteiger partial charge >= 0.3 is 17.6 Å². The van der Waals surface area contributed by atoms with Gasteiger partial charge in [-0.1, -0.05) is 12.1 Å². The quantitative estimate of drug-likeness (QED) is 0.250. The molecule has 26 heavy (non-hydrogen) atoms. The maximum Gasteiger partial charge on any atom is 0.531 e. The standard InChI is InChI=1S/C14H14N4O6Si2/c19-25(20,21)13-11(9-5-1-3-7-15-9)17-18-12(14(13)26(22,23)24)10-6-2-4-8-16-10/h1-8,19-24H. The van der Waals surface area contributed by atoms with Crippen LogP contribution in [0.5, 0.6) is 0 Å². The zero-order valence-electron chi connectivity index (χ0n) is 13.1. The van der Waals surface area contributed by atoms with Gasteiger partial charge in [0.15, 0.2) is 0 Å². The van der Waals surface area contributed by atoms with Crippen LogP contribution in [0, 0.1) is 0 Å². The van der Waals surface area contributed by atoms with Crippen molar-refractivity contribution in [2.24, 2.45) is 0 Å². The lowest BCUT2D eigenvalue weighted by atomic mass is 10.2. The predicted octanol–water partition coefficient (Wildman–Crippen LogP) is -3.15. The molecule has 0 amide bonds. The van der Waals surface area contributed by atoms with Gasteiger partial charge < -0.3 is 28.8 Å². The van der Waals surface area contributed by atoms with Crippen molar-refractivity contribution in [3.63, 3.8) is 0 Å². The van der Waals surface area contributed by atoms with Gasteiger partial charge in [0.25, 0.3) is 0 Å². The van der Waals surface area contributed by atoms with Crippen molar-refractivity contribution in [3.05, 3.63) is 48.8 Å². The maximum atomic E-state index is 9.97. The smallest absolute Gasteiger partial charge is 0.386 e. The Morgan fingerprint density at radius 2 is 0.962 bits per heavy atom. The lowest BCUT2D eigenvalue weighted by Crippen LogP contribution is -2.66. The molecule has 0 saturated carbocycles. The molecule has 0 unspecified atom stereocenters. The second-order valence-electron chi connectivity index (χ2n) is 5.35. The van der Waals surface area contributed by atoms with Crippen LogP contribution in [0.2, 0.25) is 0 Å². The van der Waals surface area contributed by atoms with Crippen molar-refractivity contribution in [1.29, 1.82) is 0 Å². The van der Waals surface area contributed by atoms with Crippen LogP contribution in [0.3, 0.4) is 0 Å². The Labute approximate surface area is 149 Å². The largest absolute Gasteiger partial charge is 0.531 e. The summed E-state index contributed by atoms with van der Waals surface area (Å²) in [5.41, 5.74) is -0.380. The van der Waals surface area contributed by atoms with Gasteiger partial charge in [-0.3, -0.25) is 9.97 Å². The summed E-state index contributed by atoms with van der Waals surface area (Å²) in [4.78, 5) is 67.8. The molecule has 0 aliphatic heterocycles. The summed E-state index contributed by atoms with van der Waals surface area (Å²) < 4.78 is 0. The fourth-order valence-electron chi connectivity index (χ4n) is 2.45. The summed E-state index contributed by atoms with van der Waals surface area (Å²) in [6, 6.07) is 9.27. The number of hydrogen-bond donors (Lipinski definition) is 6. The van der Waals surface area contributed by atoms with Crippen LogP contribution in [-0.4, -0.2) is 66.5 Å². The third-order valence-corrected chi connectivity index (χ3v) is 6.02. The van der Waals surface area contributed by atoms with Gasteiger partial charge in [-0.25, -0.2) is 0 Å². The molecule has 0 bridgehead atoms. The van der Waals surface area contributed by atoms with Gasteiger partial charge in [0.2, 0.25) is 0 Å². The summed E-state index contributed by atoms with van der Waals surface area (Å²) in [6.45, 7) is 0. The van der Waals surface area contributed by atoms with Crippen LogP contribution in [0.4, 0.5) is 0 Å². The molecule has 134 valence electrons. The van der Waals surface area contributed by atoms with E-state index in [4.69, 9.17) is 0 Å². The van der Waals surface area contributed by atoms with Crippen LogP contribution >= 0.6 is 0 Å². The maximum absolute atomic E-state index is 9.97. The highest BCUT2D eigenvalue weighted by Gasteiger charge is 2.48. The van der Waals surface area contributed by atoms with Crippen molar-refractivity contribution >= 4 is 28.0 Å². The van der Waals surface area contributed by atoms with Crippen molar-refractivity contribution in [1.82, 2.24) is 20.2 Å². The number of pyridine rings is 2. The molecule has 0 spiro atoms. The lowest BCUT2D eigenvalue weighted by molar-refractivity contribution is 0.241. The second-order valence-corrected chi connectivity index (χ2v) is 8.89. The first-order chi connectivity index (χ1) is 12.2. The normalized spacial score (nSPS) is 12.2. The van der Waals surface area contributed by atoms with Crippen LogP contribution in [0.25, 0.3) is 22.8 Å². The van der Waals surface area contributed by atoms with Crippen molar-refractivity contribution < 1.29 is 28.8 Å². The fraction of sp³-hybridized carbons (Fsp3) is 0. The molecule has 3 aromatic heterocycles. The molecule has 0 aliphatic rings. The van der Waals surface area contributed by atoms with Gasteiger partial charge in [0, 0.05) is 12.4 Å². The zero-order valence-corrected chi connectivity index (χ0v) is 15.1. The summed E-state index contributed by atoms with van der Waals surface area (Å²) in [6.07, 6.45) is 2.79. The van der Waals surface area contributed by atoms with Crippen LogP contribution < -0.4 is 10.4 Å². The summed E-state index contributed by atoms with van der Waals surface area (Å²) in [5, 5.41) is 6.31. The number of rotatable bonds is 4. The molecular formula is C14H14N4O6Si2. The second kappa shape index (κ2) is 6.71. The van der Waals surface area contributed by atoms with Crippen LogP contribution in [0.15, 0.2) is 48.8 Å². The fourth-order valence-corrected chi connectivity index (χ4v) is 5.36. The molecule has 0 saturated heterocycles. The van der Waals surface area contributed by atoms with E-state index in [1.807, 2.05) is 0 Å². The third kappa shape index (κ3) is 3.57.